The Balaban J connectivity index is 0.998. The molecule has 0 fully saturated rings. The standard InChI is InChI=1S/C58H36F6N4/c1-2-36-15-30-54-48(33-36)47-11-5-8-14-53(47)67(54)43-26-20-40(21-27-43)65(39-18-24-42(25-19-39)66-51-12-6-3-9-45(51)46-10-4-7-13-52(46)66)41-22-28-44(29-23-41)68-55-31-16-37(57(59,60)61)34-49(55)50-35-38(58(62,63)64)17-32-56(50)68/h2-35H,1H2. The molecule has 4 nitrogen and oxygen atoms in total. The molecule has 12 aromatic rings. The molecule has 9 aromatic carbocycles. The van der Waals surface area contributed by atoms with Crippen LogP contribution < -0.4 is 4.90 Å². The van der Waals surface area contributed by atoms with E-state index in [4.69, 9.17) is 0 Å². The first-order valence-corrected chi connectivity index (χ1v) is 21.9. The van der Waals surface area contributed by atoms with E-state index in [1.807, 2.05) is 66.7 Å². The van der Waals surface area contributed by atoms with Crippen molar-refractivity contribution < 1.29 is 26.3 Å². The fourth-order valence-corrected chi connectivity index (χ4v) is 9.95. The monoisotopic (exact) mass is 902 g/mol. The molecule has 68 heavy (non-hydrogen) atoms. The summed E-state index contributed by atoms with van der Waals surface area (Å²) in [5.74, 6) is 0. The van der Waals surface area contributed by atoms with Crippen molar-refractivity contribution in [1.29, 1.82) is 0 Å². The van der Waals surface area contributed by atoms with E-state index >= 15 is 0 Å². The first kappa shape index (κ1) is 41.0. The number of rotatable bonds is 7. The second-order valence-corrected chi connectivity index (χ2v) is 16.9. The van der Waals surface area contributed by atoms with Crippen LogP contribution in [0.3, 0.4) is 0 Å². The van der Waals surface area contributed by atoms with Gasteiger partial charge >= 0.3 is 12.4 Å². The number of nitrogens with zero attached hydrogens (tertiary/aromatic N) is 4. The predicted molar refractivity (Wildman–Crippen MR) is 264 cm³/mol. The van der Waals surface area contributed by atoms with Crippen LogP contribution in [0.25, 0.3) is 88.6 Å². The molecule has 0 saturated carbocycles. The molecule has 0 spiro atoms. The fraction of sp³-hybridized carbons (Fsp3) is 0.0345. The summed E-state index contributed by atoms with van der Waals surface area (Å²) >= 11 is 0. The lowest BCUT2D eigenvalue weighted by molar-refractivity contribution is -0.138. The maximum Gasteiger partial charge on any atom is 0.416 e. The highest BCUT2D eigenvalue weighted by Crippen LogP contribution is 2.43. The summed E-state index contributed by atoms with van der Waals surface area (Å²) in [6.45, 7) is 3.98. The molecule has 10 heteroatoms. The van der Waals surface area contributed by atoms with Gasteiger partial charge in [0, 0.05) is 66.4 Å². The Morgan fingerprint density at radius 2 is 0.647 bits per heavy atom. The second-order valence-electron chi connectivity index (χ2n) is 16.9. The maximum atomic E-state index is 14.0. The highest BCUT2D eigenvalue weighted by atomic mass is 19.4. The maximum absolute atomic E-state index is 14.0. The summed E-state index contributed by atoms with van der Waals surface area (Å²) in [5, 5.41) is 4.70. The summed E-state index contributed by atoms with van der Waals surface area (Å²) in [4.78, 5) is 2.13. The van der Waals surface area contributed by atoms with E-state index in [1.54, 1.807) is 4.57 Å². The first-order chi connectivity index (χ1) is 32.9. The lowest BCUT2D eigenvalue weighted by Crippen LogP contribution is -2.10. The van der Waals surface area contributed by atoms with Crippen molar-refractivity contribution in [3.8, 4) is 17.1 Å². The minimum Gasteiger partial charge on any atom is -0.310 e. The summed E-state index contributed by atoms with van der Waals surface area (Å²) in [7, 11) is 0. The number of alkyl halides is 6. The molecule has 0 atom stereocenters. The Labute approximate surface area is 385 Å². The highest BCUT2D eigenvalue weighted by Gasteiger charge is 2.33. The number of anilines is 3. The third kappa shape index (κ3) is 6.54. The van der Waals surface area contributed by atoms with Crippen LogP contribution in [0.15, 0.2) is 207 Å². The molecule has 0 N–H and O–H groups in total. The Kier molecular flexibility index (Phi) is 9.21. The molecule has 3 aromatic heterocycles. The minimum atomic E-state index is -4.69. The van der Waals surface area contributed by atoms with Crippen LogP contribution in [0, 0.1) is 0 Å². The topological polar surface area (TPSA) is 18.0 Å². The smallest absolute Gasteiger partial charge is 0.310 e. The molecule has 0 saturated heterocycles. The van der Waals surface area contributed by atoms with E-state index in [2.05, 4.69) is 124 Å². The van der Waals surface area contributed by atoms with Crippen LogP contribution in [0.1, 0.15) is 16.7 Å². The van der Waals surface area contributed by atoms with E-state index in [9.17, 15) is 26.3 Å². The molecule has 12 rings (SSSR count). The van der Waals surface area contributed by atoms with E-state index in [0.717, 1.165) is 102 Å². The predicted octanol–water partition coefficient (Wildman–Crippen LogP) is 17.1. The van der Waals surface area contributed by atoms with Crippen molar-refractivity contribution in [3.63, 3.8) is 0 Å². The van der Waals surface area contributed by atoms with Gasteiger partial charge in [0.1, 0.15) is 0 Å². The largest absolute Gasteiger partial charge is 0.416 e. The van der Waals surface area contributed by atoms with Crippen molar-refractivity contribution in [2.45, 2.75) is 12.4 Å². The summed E-state index contributed by atoms with van der Waals surface area (Å²) in [6, 6.07) is 62.0. The number of para-hydroxylation sites is 3. The number of aromatic nitrogens is 3. The van der Waals surface area contributed by atoms with E-state index in [1.165, 1.54) is 12.1 Å². The van der Waals surface area contributed by atoms with Gasteiger partial charge in [0.05, 0.1) is 44.2 Å². The quantitative estimate of drug-likeness (QED) is 0.146. The van der Waals surface area contributed by atoms with Gasteiger partial charge in [0.15, 0.2) is 0 Å². The van der Waals surface area contributed by atoms with Gasteiger partial charge in [0.2, 0.25) is 0 Å². The Morgan fingerprint density at radius 3 is 1.00 bits per heavy atom. The Bertz CT molecular complexity index is 3820. The van der Waals surface area contributed by atoms with Crippen molar-refractivity contribution >= 4 is 88.6 Å². The second kappa shape index (κ2) is 15.3. The lowest BCUT2D eigenvalue weighted by atomic mass is 10.1. The third-order valence-electron chi connectivity index (χ3n) is 13.0. The molecule has 3 heterocycles. The lowest BCUT2D eigenvalue weighted by Gasteiger charge is -2.26. The van der Waals surface area contributed by atoms with Crippen molar-refractivity contribution in [3.05, 3.63) is 223 Å². The summed E-state index contributed by atoms with van der Waals surface area (Å²) < 4.78 is 90.1. The molecule has 0 aliphatic rings. The van der Waals surface area contributed by atoms with Crippen molar-refractivity contribution in [2.75, 3.05) is 4.90 Å². The van der Waals surface area contributed by atoms with Gasteiger partial charge in [0.25, 0.3) is 0 Å². The fourth-order valence-electron chi connectivity index (χ4n) is 9.95. The molecule has 0 aliphatic heterocycles. The van der Waals surface area contributed by atoms with E-state index < -0.39 is 23.5 Å². The van der Waals surface area contributed by atoms with E-state index in [0.29, 0.717) is 16.7 Å². The Morgan fingerprint density at radius 1 is 0.338 bits per heavy atom. The van der Waals surface area contributed by atoms with Crippen LogP contribution in [-0.4, -0.2) is 13.7 Å². The van der Waals surface area contributed by atoms with Crippen LogP contribution in [0.5, 0.6) is 0 Å². The third-order valence-corrected chi connectivity index (χ3v) is 13.0. The summed E-state index contributed by atoms with van der Waals surface area (Å²) in [6.07, 6.45) is -7.53. The highest BCUT2D eigenvalue weighted by molar-refractivity contribution is 6.12. The zero-order valence-corrected chi connectivity index (χ0v) is 35.9. The van der Waals surface area contributed by atoms with Gasteiger partial charge in [-0.3, -0.25) is 0 Å². The van der Waals surface area contributed by atoms with Crippen LogP contribution >= 0.6 is 0 Å². The molecular formula is C58H36F6N4. The van der Waals surface area contributed by atoms with E-state index in [-0.39, 0.29) is 10.8 Å². The van der Waals surface area contributed by atoms with Crippen molar-refractivity contribution in [1.82, 2.24) is 13.7 Å². The molecular weight excluding hydrogens is 867 g/mol. The SMILES string of the molecule is C=Cc1ccc2c(c1)c1ccccc1n2-c1ccc(N(c2ccc(-n3c4ccccc4c4ccccc43)cc2)c2ccc(-n3c4ccc(C(F)(F)F)cc4c4cc(C(F)(F)F)ccc43)cc2)cc1. The molecule has 0 bridgehead atoms. The molecule has 0 radical (unpaired) electrons. The number of hydrogen-bond donors (Lipinski definition) is 0. The first-order valence-electron chi connectivity index (χ1n) is 21.9. The van der Waals surface area contributed by atoms with Crippen LogP contribution in [-0.2, 0) is 12.4 Å². The normalized spacial score (nSPS) is 12.3. The molecule has 0 unspecified atom stereocenters. The molecule has 0 aliphatic carbocycles. The van der Waals surface area contributed by atoms with Gasteiger partial charge in [-0.2, -0.15) is 26.3 Å². The van der Waals surface area contributed by atoms with Gasteiger partial charge in [-0.05, 0) is 145 Å². The average Bonchev–Trinajstić information content (AvgIpc) is 3.99. The Hall–Kier alpha value is -8.50. The minimum absolute atomic E-state index is 0.0689. The zero-order valence-electron chi connectivity index (χ0n) is 35.9. The number of halogens is 6. The van der Waals surface area contributed by atoms with Crippen LogP contribution in [0.2, 0.25) is 0 Å². The zero-order chi connectivity index (χ0) is 46.5. The number of fused-ring (bicyclic) bond motifs is 9. The van der Waals surface area contributed by atoms with Crippen LogP contribution in [0.4, 0.5) is 43.4 Å². The number of hydrogen-bond acceptors (Lipinski definition) is 1. The average molecular weight is 903 g/mol. The van der Waals surface area contributed by atoms with Gasteiger partial charge in [-0.15, -0.1) is 0 Å². The number of benzene rings is 9. The summed E-state index contributed by atoms with van der Waals surface area (Å²) in [5.41, 5.74) is 9.16. The molecule has 0 amide bonds. The van der Waals surface area contributed by atoms with Crippen molar-refractivity contribution in [2.24, 2.45) is 0 Å². The van der Waals surface area contributed by atoms with Gasteiger partial charge < -0.3 is 18.6 Å². The van der Waals surface area contributed by atoms with Gasteiger partial charge in [-0.1, -0.05) is 73.3 Å². The molecule has 330 valence electrons. The van der Waals surface area contributed by atoms with Gasteiger partial charge in [-0.25, -0.2) is 0 Å².